The zero-order valence-electron chi connectivity index (χ0n) is 12.9. The summed E-state index contributed by atoms with van der Waals surface area (Å²) in [5, 5.41) is 3.29. The molecule has 0 aliphatic carbocycles. The molecule has 1 saturated heterocycles. The summed E-state index contributed by atoms with van der Waals surface area (Å²) in [6.45, 7) is 5.29. The van der Waals surface area contributed by atoms with Gasteiger partial charge in [0.2, 0.25) is 10.0 Å². The van der Waals surface area contributed by atoms with Crippen molar-refractivity contribution in [2.24, 2.45) is 0 Å². The first kappa shape index (κ1) is 17.9. The lowest BCUT2D eigenvalue weighted by Gasteiger charge is -2.27. The van der Waals surface area contributed by atoms with Crippen molar-refractivity contribution in [2.45, 2.75) is 51.6 Å². The fourth-order valence-electron chi connectivity index (χ4n) is 2.34. The molecule has 1 atom stereocenters. The van der Waals surface area contributed by atoms with E-state index in [0.717, 1.165) is 58.2 Å². The van der Waals surface area contributed by atoms with Crippen LogP contribution < -0.4 is 5.32 Å². The van der Waals surface area contributed by atoms with Gasteiger partial charge in [0.05, 0.1) is 11.9 Å². The van der Waals surface area contributed by atoms with E-state index in [4.69, 9.17) is 4.74 Å². The number of sulfonamides is 1. The van der Waals surface area contributed by atoms with Crippen molar-refractivity contribution >= 4 is 10.0 Å². The second kappa shape index (κ2) is 9.71. The van der Waals surface area contributed by atoms with E-state index in [-0.39, 0.29) is 11.9 Å². The van der Waals surface area contributed by atoms with Crippen molar-refractivity contribution in [1.82, 2.24) is 9.62 Å². The molecule has 0 aromatic rings. The van der Waals surface area contributed by atoms with E-state index >= 15 is 0 Å². The van der Waals surface area contributed by atoms with E-state index in [0.29, 0.717) is 6.54 Å². The van der Waals surface area contributed by atoms with Crippen molar-refractivity contribution in [1.29, 1.82) is 0 Å². The van der Waals surface area contributed by atoms with Crippen LogP contribution in [-0.2, 0) is 14.8 Å². The lowest BCUT2D eigenvalue weighted by Crippen LogP contribution is -2.38. The van der Waals surface area contributed by atoms with Gasteiger partial charge in [-0.15, -0.1) is 0 Å². The Morgan fingerprint density at radius 3 is 2.70 bits per heavy atom. The molecule has 0 bridgehead atoms. The number of hydrogen-bond acceptors (Lipinski definition) is 4. The minimum Gasteiger partial charge on any atom is -0.377 e. The third-order valence-electron chi connectivity index (χ3n) is 3.64. The SMILES string of the molecule is CCCNCCCCS(=O)(=O)N(C)CC1CCCCO1. The zero-order chi connectivity index (χ0) is 14.8. The van der Waals surface area contributed by atoms with E-state index < -0.39 is 10.0 Å². The summed E-state index contributed by atoms with van der Waals surface area (Å²) >= 11 is 0. The highest BCUT2D eigenvalue weighted by molar-refractivity contribution is 7.89. The largest absolute Gasteiger partial charge is 0.377 e. The maximum atomic E-state index is 12.1. The number of nitrogens with zero attached hydrogens (tertiary/aromatic N) is 1. The van der Waals surface area contributed by atoms with Crippen LogP contribution in [0.4, 0.5) is 0 Å². The Labute approximate surface area is 124 Å². The molecule has 0 aromatic carbocycles. The summed E-state index contributed by atoms with van der Waals surface area (Å²) in [5.41, 5.74) is 0. The normalized spacial score (nSPS) is 20.4. The summed E-state index contributed by atoms with van der Waals surface area (Å²) < 4.78 is 31.4. The fourth-order valence-corrected chi connectivity index (χ4v) is 3.62. The molecule has 5 nitrogen and oxygen atoms in total. The van der Waals surface area contributed by atoms with Gasteiger partial charge in [-0.3, -0.25) is 0 Å². The Morgan fingerprint density at radius 1 is 1.25 bits per heavy atom. The molecule has 1 aliphatic heterocycles. The van der Waals surface area contributed by atoms with Gasteiger partial charge in [0.1, 0.15) is 0 Å². The number of hydrogen-bond donors (Lipinski definition) is 1. The quantitative estimate of drug-likeness (QED) is 0.623. The predicted octanol–water partition coefficient (Wildman–Crippen LogP) is 1.60. The molecule has 1 unspecified atom stereocenters. The summed E-state index contributed by atoms with van der Waals surface area (Å²) in [5.74, 6) is 0.240. The summed E-state index contributed by atoms with van der Waals surface area (Å²) in [6, 6.07) is 0. The lowest BCUT2D eigenvalue weighted by atomic mass is 10.1. The highest BCUT2D eigenvalue weighted by Crippen LogP contribution is 2.15. The maximum Gasteiger partial charge on any atom is 0.213 e. The molecule has 1 aliphatic rings. The van der Waals surface area contributed by atoms with Crippen molar-refractivity contribution in [3.05, 3.63) is 0 Å². The van der Waals surface area contributed by atoms with Crippen molar-refractivity contribution in [3.63, 3.8) is 0 Å². The second-order valence-corrected chi connectivity index (χ2v) is 7.74. The third-order valence-corrected chi connectivity index (χ3v) is 5.55. The predicted molar refractivity (Wildman–Crippen MR) is 82.4 cm³/mol. The third kappa shape index (κ3) is 7.02. The van der Waals surface area contributed by atoms with Crippen molar-refractivity contribution < 1.29 is 13.2 Å². The lowest BCUT2D eigenvalue weighted by molar-refractivity contribution is 0.00859. The summed E-state index contributed by atoms with van der Waals surface area (Å²) in [6.07, 6.45) is 6.03. The van der Waals surface area contributed by atoms with Gasteiger partial charge in [-0.05, 0) is 51.6 Å². The molecule has 0 aromatic heterocycles. The van der Waals surface area contributed by atoms with E-state index in [9.17, 15) is 8.42 Å². The molecule has 20 heavy (non-hydrogen) atoms. The molecule has 0 saturated carbocycles. The molecular formula is C14H30N2O3S. The van der Waals surface area contributed by atoms with Crippen LogP contribution >= 0.6 is 0 Å². The number of rotatable bonds is 10. The second-order valence-electron chi connectivity index (χ2n) is 5.54. The number of unbranched alkanes of at least 4 members (excludes halogenated alkanes) is 1. The number of ether oxygens (including phenoxy) is 1. The highest BCUT2D eigenvalue weighted by Gasteiger charge is 2.23. The molecule has 0 amide bonds. The molecule has 1 fully saturated rings. The Bertz CT molecular complexity index is 340. The van der Waals surface area contributed by atoms with Gasteiger partial charge in [0.15, 0.2) is 0 Å². The van der Waals surface area contributed by atoms with Crippen molar-refractivity contribution in [3.8, 4) is 0 Å². The van der Waals surface area contributed by atoms with Gasteiger partial charge < -0.3 is 10.1 Å². The molecule has 1 heterocycles. The molecule has 0 radical (unpaired) electrons. The summed E-state index contributed by atoms with van der Waals surface area (Å²) in [4.78, 5) is 0. The molecule has 120 valence electrons. The smallest absolute Gasteiger partial charge is 0.213 e. The Hall–Kier alpha value is -0.170. The van der Waals surface area contributed by atoms with Crippen LogP contribution in [0.25, 0.3) is 0 Å². The van der Waals surface area contributed by atoms with Crippen LogP contribution in [0.2, 0.25) is 0 Å². The van der Waals surface area contributed by atoms with Gasteiger partial charge in [-0.1, -0.05) is 6.92 Å². The van der Waals surface area contributed by atoms with E-state index in [1.807, 2.05) is 0 Å². The Kier molecular flexibility index (Phi) is 8.68. The van der Waals surface area contributed by atoms with Gasteiger partial charge in [-0.2, -0.15) is 0 Å². The van der Waals surface area contributed by atoms with Crippen LogP contribution in [0.3, 0.4) is 0 Å². The van der Waals surface area contributed by atoms with Gasteiger partial charge in [0, 0.05) is 20.2 Å². The molecule has 0 spiro atoms. The van der Waals surface area contributed by atoms with E-state index in [2.05, 4.69) is 12.2 Å². The fraction of sp³-hybridized carbons (Fsp3) is 1.00. The topological polar surface area (TPSA) is 58.6 Å². The minimum atomic E-state index is -3.13. The Balaban J connectivity index is 2.20. The standard InChI is InChI=1S/C14H30N2O3S/c1-3-9-15-10-5-7-12-20(17,18)16(2)13-14-8-4-6-11-19-14/h14-15H,3-13H2,1-2H3. The average Bonchev–Trinajstić information content (AvgIpc) is 2.43. The van der Waals surface area contributed by atoms with Crippen LogP contribution in [0.5, 0.6) is 0 Å². The zero-order valence-corrected chi connectivity index (χ0v) is 13.8. The average molecular weight is 306 g/mol. The Morgan fingerprint density at radius 2 is 2.05 bits per heavy atom. The first-order valence-corrected chi connectivity index (χ1v) is 9.43. The van der Waals surface area contributed by atoms with E-state index in [1.54, 1.807) is 7.05 Å². The van der Waals surface area contributed by atoms with Crippen LogP contribution in [0, 0.1) is 0 Å². The molecular weight excluding hydrogens is 276 g/mol. The van der Waals surface area contributed by atoms with Crippen molar-refractivity contribution in [2.75, 3.05) is 39.0 Å². The monoisotopic (exact) mass is 306 g/mol. The number of nitrogens with one attached hydrogen (secondary N) is 1. The van der Waals surface area contributed by atoms with Gasteiger partial charge in [0.25, 0.3) is 0 Å². The van der Waals surface area contributed by atoms with Crippen LogP contribution in [-0.4, -0.2) is 57.9 Å². The van der Waals surface area contributed by atoms with E-state index in [1.165, 1.54) is 4.31 Å². The molecule has 6 heteroatoms. The minimum absolute atomic E-state index is 0.0785. The maximum absolute atomic E-state index is 12.1. The highest BCUT2D eigenvalue weighted by atomic mass is 32.2. The first-order valence-electron chi connectivity index (χ1n) is 7.82. The van der Waals surface area contributed by atoms with Gasteiger partial charge >= 0.3 is 0 Å². The number of likely N-dealkylation sites (N-methyl/N-ethyl adjacent to an activating group) is 1. The molecule has 1 rings (SSSR count). The molecule has 1 N–H and O–H groups in total. The summed E-state index contributed by atoms with van der Waals surface area (Å²) in [7, 11) is -1.46. The van der Waals surface area contributed by atoms with Gasteiger partial charge in [-0.25, -0.2) is 12.7 Å². The first-order chi connectivity index (χ1) is 9.56. The van der Waals surface area contributed by atoms with Crippen LogP contribution in [0.15, 0.2) is 0 Å². The van der Waals surface area contributed by atoms with Crippen LogP contribution in [0.1, 0.15) is 45.4 Å².